The van der Waals surface area contributed by atoms with Gasteiger partial charge in [-0.3, -0.25) is 9.69 Å². The predicted octanol–water partition coefficient (Wildman–Crippen LogP) is 0.260. The van der Waals surface area contributed by atoms with Crippen LogP contribution < -0.4 is 0 Å². The zero-order valence-electron chi connectivity index (χ0n) is 13.2. The molecule has 0 aromatic heterocycles. The number of likely N-dealkylation sites (tertiary alicyclic amines) is 1. The Balaban J connectivity index is 1.72. The molecule has 3 saturated heterocycles. The molecule has 0 N–H and O–H groups in total. The zero-order valence-corrected chi connectivity index (χ0v) is 13.2. The lowest BCUT2D eigenvalue weighted by atomic mass is 9.80. The number of fused-ring (bicyclic) bond motifs is 2. The molecule has 1 amide bonds. The summed E-state index contributed by atoms with van der Waals surface area (Å²) in [4.78, 5) is 19.4. The van der Waals surface area contributed by atoms with Crippen molar-refractivity contribution in [1.82, 2.24) is 14.7 Å². The van der Waals surface area contributed by atoms with Gasteiger partial charge in [0.25, 0.3) is 0 Å². The molecule has 0 aromatic carbocycles. The Bertz CT molecular complexity index is 398. The number of carbonyl (C=O) groups is 1. The summed E-state index contributed by atoms with van der Waals surface area (Å²) in [6, 6.07) is 0.495. The van der Waals surface area contributed by atoms with Crippen LogP contribution in [0.25, 0.3) is 0 Å². The molecule has 114 valence electrons. The number of hydrogen-bond acceptors (Lipinski definition) is 4. The maximum absolute atomic E-state index is 12.4. The number of hydrogen-bond donors (Lipinski definition) is 0. The van der Waals surface area contributed by atoms with Gasteiger partial charge in [-0.1, -0.05) is 20.8 Å². The summed E-state index contributed by atoms with van der Waals surface area (Å²) >= 11 is 0. The second-order valence-electron chi connectivity index (χ2n) is 7.75. The summed E-state index contributed by atoms with van der Waals surface area (Å²) in [5.41, 5.74) is -0.102. The van der Waals surface area contributed by atoms with E-state index in [-0.39, 0.29) is 16.9 Å². The predicted molar refractivity (Wildman–Crippen MR) is 77.6 cm³/mol. The Morgan fingerprint density at radius 2 is 1.95 bits per heavy atom. The number of rotatable bonds is 0. The Labute approximate surface area is 121 Å². The van der Waals surface area contributed by atoms with E-state index in [1.54, 1.807) is 0 Å². The highest BCUT2D eigenvalue weighted by atomic mass is 16.5. The summed E-state index contributed by atoms with van der Waals surface area (Å²) < 4.78 is 5.63. The van der Waals surface area contributed by atoms with Gasteiger partial charge >= 0.3 is 0 Å². The molecule has 3 aliphatic rings. The third-order valence-corrected chi connectivity index (χ3v) is 4.82. The molecule has 1 unspecified atom stereocenters. The average Bonchev–Trinajstić information content (AvgIpc) is 2.32. The van der Waals surface area contributed by atoms with Crippen molar-refractivity contribution in [2.45, 2.75) is 32.4 Å². The van der Waals surface area contributed by atoms with Crippen LogP contribution in [0.2, 0.25) is 0 Å². The van der Waals surface area contributed by atoms with Crippen molar-refractivity contribution >= 4 is 5.91 Å². The van der Waals surface area contributed by atoms with Crippen LogP contribution in [0, 0.1) is 5.41 Å². The summed E-state index contributed by atoms with van der Waals surface area (Å²) in [5.74, 6) is 0.279. The monoisotopic (exact) mass is 281 g/mol. The van der Waals surface area contributed by atoms with Crippen LogP contribution in [-0.4, -0.2) is 85.2 Å². The molecular formula is C15H27N3O2. The summed E-state index contributed by atoms with van der Waals surface area (Å²) in [7, 11) is 2.18. The van der Waals surface area contributed by atoms with Gasteiger partial charge in [0, 0.05) is 44.2 Å². The fourth-order valence-electron chi connectivity index (χ4n) is 4.01. The quantitative estimate of drug-likeness (QED) is 0.638. The van der Waals surface area contributed by atoms with Gasteiger partial charge in [-0.05, 0) is 7.05 Å². The first kappa shape index (κ1) is 14.3. The van der Waals surface area contributed by atoms with Crippen LogP contribution in [0.15, 0.2) is 0 Å². The molecular weight excluding hydrogens is 254 g/mol. The van der Waals surface area contributed by atoms with E-state index in [1.165, 1.54) is 0 Å². The van der Waals surface area contributed by atoms with Gasteiger partial charge in [-0.2, -0.15) is 0 Å². The molecule has 5 heteroatoms. The Morgan fingerprint density at radius 1 is 1.25 bits per heavy atom. The lowest BCUT2D eigenvalue weighted by Crippen LogP contribution is -2.81. The van der Waals surface area contributed by atoms with Gasteiger partial charge in [-0.15, -0.1) is 0 Å². The third-order valence-electron chi connectivity index (χ3n) is 4.82. The van der Waals surface area contributed by atoms with Crippen molar-refractivity contribution in [2.24, 2.45) is 5.41 Å². The number of carbonyl (C=O) groups excluding carboxylic acids is 1. The summed E-state index contributed by atoms with van der Waals surface area (Å²) in [6.07, 6.45) is 0. The number of amides is 1. The van der Waals surface area contributed by atoms with E-state index >= 15 is 0 Å². The van der Waals surface area contributed by atoms with E-state index < -0.39 is 0 Å². The van der Waals surface area contributed by atoms with Crippen LogP contribution >= 0.6 is 0 Å². The van der Waals surface area contributed by atoms with Crippen LogP contribution in [0.3, 0.4) is 0 Å². The van der Waals surface area contributed by atoms with E-state index in [0.29, 0.717) is 6.04 Å². The number of nitrogens with zero attached hydrogens (tertiary/aromatic N) is 3. The van der Waals surface area contributed by atoms with Gasteiger partial charge in [0.2, 0.25) is 5.91 Å². The minimum absolute atomic E-state index is 0.169. The smallest absolute Gasteiger partial charge is 0.228 e. The number of piperazine rings is 1. The molecule has 0 saturated carbocycles. The molecule has 0 bridgehead atoms. The van der Waals surface area contributed by atoms with Crippen LogP contribution in [0.5, 0.6) is 0 Å². The van der Waals surface area contributed by atoms with Crippen LogP contribution in [0.1, 0.15) is 20.8 Å². The lowest BCUT2D eigenvalue weighted by Gasteiger charge is -2.63. The summed E-state index contributed by atoms with van der Waals surface area (Å²) in [6.45, 7) is 12.6. The molecule has 0 aromatic rings. The second-order valence-corrected chi connectivity index (χ2v) is 7.75. The zero-order chi connectivity index (χ0) is 14.5. The number of morpholine rings is 1. The van der Waals surface area contributed by atoms with Gasteiger partial charge in [0.05, 0.1) is 18.8 Å². The molecule has 5 nitrogen and oxygen atoms in total. The third kappa shape index (κ3) is 2.26. The normalized spacial score (nSPS) is 31.0. The topological polar surface area (TPSA) is 36.0 Å². The van der Waals surface area contributed by atoms with Crippen molar-refractivity contribution in [2.75, 3.05) is 53.0 Å². The van der Waals surface area contributed by atoms with Crippen LogP contribution in [0.4, 0.5) is 0 Å². The first-order valence-electron chi connectivity index (χ1n) is 7.64. The van der Waals surface area contributed by atoms with E-state index in [1.807, 2.05) is 25.7 Å². The molecule has 3 heterocycles. The number of likely N-dealkylation sites (N-methyl/N-ethyl adjacent to an activating group) is 1. The van der Waals surface area contributed by atoms with Gasteiger partial charge < -0.3 is 14.5 Å². The standard InChI is InChI=1S/C15H27N3O2/c1-14(2,3)13(19)17-10-15(11-17)9-16(4)7-12-8-20-6-5-18(12)15/h12H,5-11H2,1-4H3. The Kier molecular flexibility index (Phi) is 3.35. The van der Waals surface area contributed by atoms with Crippen molar-refractivity contribution in [3.63, 3.8) is 0 Å². The molecule has 0 aliphatic carbocycles. The largest absolute Gasteiger partial charge is 0.378 e. The fraction of sp³-hybridized carbons (Fsp3) is 0.933. The molecule has 3 rings (SSSR count). The molecule has 20 heavy (non-hydrogen) atoms. The molecule has 0 radical (unpaired) electrons. The molecule has 3 fully saturated rings. The van der Waals surface area contributed by atoms with E-state index in [0.717, 1.165) is 45.9 Å². The van der Waals surface area contributed by atoms with Crippen molar-refractivity contribution in [3.05, 3.63) is 0 Å². The lowest BCUT2D eigenvalue weighted by molar-refractivity contribution is -0.179. The SMILES string of the molecule is CN1CC2COCCN2C2(C1)CN(C(=O)C(C)(C)C)C2. The van der Waals surface area contributed by atoms with E-state index in [9.17, 15) is 4.79 Å². The van der Waals surface area contributed by atoms with Crippen molar-refractivity contribution < 1.29 is 9.53 Å². The van der Waals surface area contributed by atoms with Gasteiger partial charge in [0.15, 0.2) is 0 Å². The van der Waals surface area contributed by atoms with E-state index in [2.05, 4.69) is 16.8 Å². The Hall–Kier alpha value is -0.650. The maximum Gasteiger partial charge on any atom is 0.228 e. The first-order chi connectivity index (χ1) is 9.32. The maximum atomic E-state index is 12.4. The summed E-state index contributed by atoms with van der Waals surface area (Å²) in [5, 5.41) is 0. The van der Waals surface area contributed by atoms with Crippen LogP contribution in [-0.2, 0) is 9.53 Å². The second kappa shape index (κ2) is 4.68. The fourth-order valence-corrected chi connectivity index (χ4v) is 4.01. The highest BCUT2D eigenvalue weighted by molar-refractivity contribution is 5.82. The minimum atomic E-state index is -0.271. The Morgan fingerprint density at radius 3 is 2.60 bits per heavy atom. The number of ether oxygens (including phenoxy) is 1. The van der Waals surface area contributed by atoms with Gasteiger partial charge in [-0.25, -0.2) is 0 Å². The minimum Gasteiger partial charge on any atom is -0.378 e. The molecule has 1 atom stereocenters. The first-order valence-corrected chi connectivity index (χ1v) is 7.64. The van der Waals surface area contributed by atoms with E-state index in [4.69, 9.17) is 4.74 Å². The van der Waals surface area contributed by atoms with Crippen molar-refractivity contribution in [1.29, 1.82) is 0 Å². The molecule has 1 spiro atoms. The van der Waals surface area contributed by atoms with Gasteiger partial charge in [0.1, 0.15) is 0 Å². The average molecular weight is 281 g/mol. The molecule has 3 aliphatic heterocycles. The van der Waals surface area contributed by atoms with Crippen molar-refractivity contribution in [3.8, 4) is 0 Å². The highest BCUT2D eigenvalue weighted by Crippen LogP contribution is 2.37. The highest BCUT2D eigenvalue weighted by Gasteiger charge is 2.55.